The number of benzene rings is 1. The topological polar surface area (TPSA) is 12.0 Å². The number of halogens is 1. The van der Waals surface area contributed by atoms with Gasteiger partial charge in [0.25, 0.3) is 0 Å². The molecule has 1 fully saturated rings. The van der Waals surface area contributed by atoms with Crippen LogP contribution in [0.5, 0.6) is 0 Å². The molecule has 0 radical (unpaired) electrons. The third kappa shape index (κ3) is 2.36. The Labute approximate surface area is 110 Å². The zero-order chi connectivity index (χ0) is 12.8. The highest BCUT2D eigenvalue weighted by Gasteiger charge is 2.50. The number of aryl methyl sites for hydroxylation is 2. The molecule has 0 spiro atoms. The van der Waals surface area contributed by atoms with E-state index in [1.807, 2.05) is 7.05 Å². The fourth-order valence-corrected chi connectivity index (χ4v) is 3.03. The molecule has 0 aliphatic heterocycles. The number of nitrogens with one attached hydrogen (secondary N) is 1. The van der Waals surface area contributed by atoms with Crippen LogP contribution in [0.4, 0.5) is 0 Å². The highest BCUT2D eigenvalue weighted by molar-refractivity contribution is 6.31. The molecule has 2 rings (SSSR count). The molecule has 1 N–H and O–H groups in total. The highest BCUT2D eigenvalue weighted by Crippen LogP contribution is 2.58. The molecule has 17 heavy (non-hydrogen) atoms. The van der Waals surface area contributed by atoms with E-state index in [1.54, 1.807) is 0 Å². The van der Waals surface area contributed by atoms with Gasteiger partial charge in [0.15, 0.2) is 0 Å². The number of hydrogen-bond donors (Lipinski definition) is 1. The summed E-state index contributed by atoms with van der Waals surface area (Å²) in [6, 6.07) is 4.72. The zero-order valence-corrected chi connectivity index (χ0v) is 12.2. The van der Waals surface area contributed by atoms with Crippen molar-refractivity contribution in [3.8, 4) is 0 Å². The molecule has 1 saturated carbocycles. The smallest absolute Gasteiger partial charge is 0.0456 e. The van der Waals surface area contributed by atoms with Crippen LogP contribution in [0.25, 0.3) is 0 Å². The summed E-state index contributed by atoms with van der Waals surface area (Å²) >= 11 is 6.40. The lowest BCUT2D eigenvalue weighted by molar-refractivity contribution is 0.441. The minimum absolute atomic E-state index is 0.386. The van der Waals surface area contributed by atoms with Crippen LogP contribution in [0, 0.1) is 25.2 Å². The molecule has 1 aromatic carbocycles. The second-order valence-electron chi connectivity index (χ2n) is 6.02. The molecule has 2 unspecified atom stereocenters. The van der Waals surface area contributed by atoms with Gasteiger partial charge in [0.1, 0.15) is 0 Å². The molecule has 2 atom stereocenters. The molecule has 1 aromatic rings. The van der Waals surface area contributed by atoms with Gasteiger partial charge in [0, 0.05) is 11.1 Å². The SMILES string of the molecule is CNC(c1cc(C)c(C)cc1Cl)C1CC1(C)C. The second kappa shape index (κ2) is 4.29. The van der Waals surface area contributed by atoms with Crippen molar-refractivity contribution in [3.63, 3.8) is 0 Å². The van der Waals surface area contributed by atoms with Gasteiger partial charge in [-0.25, -0.2) is 0 Å². The third-order valence-electron chi connectivity index (χ3n) is 4.25. The van der Waals surface area contributed by atoms with E-state index in [1.165, 1.54) is 23.1 Å². The lowest BCUT2D eigenvalue weighted by Crippen LogP contribution is -2.21. The Bertz CT molecular complexity index is 437. The van der Waals surface area contributed by atoms with Gasteiger partial charge in [-0.15, -0.1) is 0 Å². The van der Waals surface area contributed by atoms with Crippen molar-refractivity contribution in [1.82, 2.24) is 5.32 Å². The molecule has 2 heteroatoms. The van der Waals surface area contributed by atoms with Gasteiger partial charge in [-0.2, -0.15) is 0 Å². The van der Waals surface area contributed by atoms with E-state index in [0.29, 0.717) is 17.4 Å². The monoisotopic (exact) mass is 251 g/mol. The fraction of sp³-hybridized carbons (Fsp3) is 0.600. The molecule has 0 aromatic heterocycles. The lowest BCUT2D eigenvalue weighted by atomic mass is 9.94. The van der Waals surface area contributed by atoms with E-state index in [0.717, 1.165) is 5.02 Å². The van der Waals surface area contributed by atoms with Crippen molar-refractivity contribution >= 4 is 11.6 Å². The molecule has 0 saturated heterocycles. The summed E-state index contributed by atoms with van der Waals surface area (Å²) in [5, 5.41) is 4.34. The van der Waals surface area contributed by atoms with Crippen molar-refractivity contribution in [2.75, 3.05) is 7.05 Å². The molecule has 0 amide bonds. The summed E-state index contributed by atoms with van der Waals surface area (Å²) in [6.45, 7) is 8.92. The van der Waals surface area contributed by atoms with E-state index >= 15 is 0 Å². The maximum atomic E-state index is 6.40. The summed E-state index contributed by atoms with van der Waals surface area (Å²) in [5.41, 5.74) is 4.30. The highest BCUT2D eigenvalue weighted by atomic mass is 35.5. The molecule has 0 bridgehead atoms. The Morgan fingerprint density at radius 2 is 1.82 bits per heavy atom. The second-order valence-corrected chi connectivity index (χ2v) is 6.43. The van der Waals surface area contributed by atoms with Crippen LogP contribution in [0.2, 0.25) is 5.02 Å². The fourth-order valence-electron chi connectivity index (χ4n) is 2.69. The minimum atomic E-state index is 0.386. The summed E-state index contributed by atoms with van der Waals surface area (Å²) < 4.78 is 0. The molecule has 94 valence electrons. The van der Waals surface area contributed by atoms with Crippen LogP contribution in [-0.2, 0) is 0 Å². The van der Waals surface area contributed by atoms with Gasteiger partial charge in [0.2, 0.25) is 0 Å². The summed E-state index contributed by atoms with van der Waals surface area (Å²) in [7, 11) is 2.03. The van der Waals surface area contributed by atoms with Crippen LogP contribution >= 0.6 is 11.6 Å². The first-order valence-electron chi connectivity index (χ1n) is 6.30. The summed E-state index contributed by atoms with van der Waals surface area (Å²) in [6.07, 6.45) is 1.28. The summed E-state index contributed by atoms with van der Waals surface area (Å²) in [5.74, 6) is 0.701. The van der Waals surface area contributed by atoms with Crippen LogP contribution < -0.4 is 5.32 Å². The van der Waals surface area contributed by atoms with Crippen LogP contribution in [0.3, 0.4) is 0 Å². The molecular weight excluding hydrogens is 230 g/mol. The maximum absolute atomic E-state index is 6.40. The van der Waals surface area contributed by atoms with Gasteiger partial charge in [-0.05, 0) is 61.4 Å². The quantitative estimate of drug-likeness (QED) is 0.846. The molecule has 1 nitrogen and oxygen atoms in total. The van der Waals surface area contributed by atoms with Crippen LogP contribution in [0.1, 0.15) is 43.0 Å². The van der Waals surface area contributed by atoms with E-state index < -0.39 is 0 Å². The predicted molar refractivity (Wildman–Crippen MR) is 74.6 cm³/mol. The first kappa shape index (κ1) is 12.9. The largest absolute Gasteiger partial charge is 0.313 e. The Hall–Kier alpha value is -0.530. The zero-order valence-electron chi connectivity index (χ0n) is 11.4. The van der Waals surface area contributed by atoms with E-state index in [4.69, 9.17) is 11.6 Å². The normalized spacial score (nSPS) is 23.5. The average molecular weight is 252 g/mol. The van der Waals surface area contributed by atoms with Crippen molar-refractivity contribution < 1.29 is 0 Å². The van der Waals surface area contributed by atoms with Gasteiger partial charge in [0.05, 0.1) is 0 Å². The van der Waals surface area contributed by atoms with Crippen molar-refractivity contribution in [1.29, 1.82) is 0 Å². The maximum Gasteiger partial charge on any atom is 0.0456 e. The Balaban J connectivity index is 2.35. The van der Waals surface area contributed by atoms with Crippen LogP contribution in [0.15, 0.2) is 12.1 Å². The Morgan fingerprint density at radius 3 is 2.29 bits per heavy atom. The van der Waals surface area contributed by atoms with Gasteiger partial charge >= 0.3 is 0 Å². The minimum Gasteiger partial charge on any atom is -0.313 e. The van der Waals surface area contributed by atoms with Gasteiger partial charge in [-0.1, -0.05) is 31.5 Å². The number of rotatable bonds is 3. The molecule has 1 aliphatic rings. The van der Waals surface area contributed by atoms with E-state index in [9.17, 15) is 0 Å². The first-order chi connectivity index (χ1) is 7.86. The van der Waals surface area contributed by atoms with E-state index in [-0.39, 0.29) is 0 Å². The van der Waals surface area contributed by atoms with Crippen molar-refractivity contribution in [2.45, 2.75) is 40.2 Å². The third-order valence-corrected chi connectivity index (χ3v) is 4.58. The molecule has 0 heterocycles. The van der Waals surface area contributed by atoms with Gasteiger partial charge < -0.3 is 5.32 Å². The summed E-state index contributed by atoms with van der Waals surface area (Å²) in [4.78, 5) is 0. The van der Waals surface area contributed by atoms with Crippen molar-refractivity contribution in [3.05, 3.63) is 33.8 Å². The van der Waals surface area contributed by atoms with Gasteiger partial charge in [-0.3, -0.25) is 0 Å². The standard InChI is InChI=1S/C15H22ClN/c1-9-6-11(13(16)7-10(9)2)14(17-5)12-8-15(12,3)4/h6-7,12,14,17H,8H2,1-5H3. The average Bonchev–Trinajstić information content (AvgIpc) is 2.84. The first-order valence-corrected chi connectivity index (χ1v) is 6.68. The number of hydrogen-bond acceptors (Lipinski definition) is 1. The Morgan fingerprint density at radius 1 is 1.29 bits per heavy atom. The lowest BCUT2D eigenvalue weighted by Gasteiger charge is -2.21. The predicted octanol–water partition coefficient (Wildman–Crippen LogP) is 4.26. The Kier molecular flexibility index (Phi) is 3.26. The van der Waals surface area contributed by atoms with Crippen LogP contribution in [-0.4, -0.2) is 7.05 Å². The van der Waals surface area contributed by atoms with Crippen molar-refractivity contribution in [2.24, 2.45) is 11.3 Å². The molecular formula is C15H22ClN. The molecule has 1 aliphatic carbocycles. The van der Waals surface area contributed by atoms with E-state index in [2.05, 4.69) is 45.1 Å².